The van der Waals surface area contributed by atoms with Gasteiger partial charge in [-0.2, -0.15) is 5.26 Å². The highest BCUT2D eigenvalue weighted by Gasteiger charge is 2.11. The highest BCUT2D eigenvalue weighted by molar-refractivity contribution is 8.05. The summed E-state index contributed by atoms with van der Waals surface area (Å²) in [5, 5.41) is 12.0. The minimum absolute atomic E-state index is 0.541. The fourth-order valence-electron chi connectivity index (χ4n) is 3.57. The Hall–Kier alpha value is -2.75. The van der Waals surface area contributed by atoms with Gasteiger partial charge in [0.2, 0.25) is 0 Å². The molecule has 3 nitrogen and oxygen atoms in total. The molecule has 2 heterocycles. The second-order valence-corrected chi connectivity index (χ2v) is 10.3. The van der Waals surface area contributed by atoms with E-state index >= 15 is 0 Å². The van der Waals surface area contributed by atoms with Gasteiger partial charge < -0.3 is 4.57 Å². The van der Waals surface area contributed by atoms with Crippen LogP contribution in [0.3, 0.4) is 0 Å². The Balaban J connectivity index is 1.50. The first-order chi connectivity index (χ1) is 15.6. The van der Waals surface area contributed by atoms with Crippen molar-refractivity contribution in [2.75, 3.05) is 0 Å². The summed E-state index contributed by atoms with van der Waals surface area (Å²) >= 11 is 15.3. The van der Waals surface area contributed by atoms with Crippen molar-refractivity contribution in [1.29, 1.82) is 5.26 Å². The van der Waals surface area contributed by atoms with E-state index in [0.717, 1.165) is 36.6 Å². The maximum absolute atomic E-state index is 9.80. The summed E-state index contributed by atoms with van der Waals surface area (Å²) < 4.78 is 4.14. The van der Waals surface area contributed by atoms with Crippen LogP contribution in [0.2, 0.25) is 10.0 Å². The molecule has 156 valence electrons. The van der Waals surface area contributed by atoms with Gasteiger partial charge in [0.25, 0.3) is 0 Å². The van der Waals surface area contributed by atoms with Gasteiger partial charge in [0, 0.05) is 29.2 Å². The fraction of sp³-hybridized carbons (Fsp3) is 0.0400. The van der Waals surface area contributed by atoms with Crippen LogP contribution in [0.5, 0.6) is 0 Å². The smallest absolute Gasteiger partial charge is 0.156 e. The van der Waals surface area contributed by atoms with Crippen molar-refractivity contribution in [3.63, 3.8) is 0 Å². The molecule has 0 saturated carbocycles. The average Bonchev–Trinajstić information content (AvgIpc) is 3.37. The van der Waals surface area contributed by atoms with E-state index in [4.69, 9.17) is 23.2 Å². The Bertz CT molecular complexity index is 1490. The summed E-state index contributed by atoms with van der Waals surface area (Å²) in [7, 11) is 0. The molecule has 0 bridgehead atoms. The first-order valence-electron chi connectivity index (χ1n) is 9.78. The third-order valence-electron chi connectivity index (χ3n) is 5.02. The number of benzene rings is 3. The van der Waals surface area contributed by atoms with Gasteiger partial charge in [0.1, 0.15) is 6.07 Å². The van der Waals surface area contributed by atoms with Crippen molar-refractivity contribution in [1.82, 2.24) is 9.55 Å². The lowest BCUT2D eigenvalue weighted by atomic mass is 10.1. The molecular weight excluding hydrogens is 477 g/mol. The van der Waals surface area contributed by atoms with Gasteiger partial charge in [-0.3, -0.25) is 0 Å². The molecule has 2 aromatic heterocycles. The molecule has 5 aromatic rings. The third kappa shape index (κ3) is 4.28. The van der Waals surface area contributed by atoms with Crippen molar-refractivity contribution >= 4 is 73.5 Å². The number of nitrogens with zero attached hydrogens (tertiary/aromatic N) is 3. The SMILES string of the molecule is N#CC(=Cc1cn(Cc2ccc(Cl)c(Cl)c2)c2ccccc12)Sc1nc2ccccc2s1. The molecule has 0 saturated heterocycles. The Labute approximate surface area is 203 Å². The number of nitriles is 1. The Kier molecular flexibility index (Phi) is 5.95. The van der Waals surface area contributed by atoms with E-state index in [1.807, 2.05) is 60.7 Å². The molecule has 7 heteroatoms. The summed E-state index contributed by atoms with van der Waals surface area (Å²) in [6.07, 6.45) is 4.01. The Morgan fingerprint density at radius 1 is 1.06 bits per heavy atom. The summed E-state index contributed by atoms with van der Waals surface area (Å²) in [6, 6.07) is 24.2. The van der Waals surface area contributed by atoms with Crippen molar-refractivity contribution in [2.24, 2.45) is 0 Å². The van der Waals surface area contributed by atoms with Gasteiger partial charge in [-0.15, -0.1) is 11.3 Å². The number of hydrogen-bond acceptors (Lipinski definition) is 4. The van der Waals surface area contributed by atoms with Gasteiger partial charge in [0.05, 0.1) is 25.2 Å². The van der Waals surface area contributed by atoms with E-state index in [1.165, 1.54) is 11.8 Å². The fourth-order valence-corrected chi connectivity index (χ4v) is 5.86. The van der Waals surface area contributed by atoms with E-state index in [2.05, 4.69) is 33.9 Å². The van der Waals surface area contributed by atoms with Gasteiger partial charge in [-0.05, 0) is 53.7 Å². The van der Waals surface area contributed by atoms with Crippen LogP contribution in [0.4, 0.5) is 0 Å². The first-order valence-corrected chi connectivity index (χ1v) is 12.2. The van der Waals surface area contributed by atoms with Crippen LogP contribution in [-0.2, 0) is 6.54 Å². The van der Waals surface area contributed by atoms with Crippen LogP contribution in [0.1, 0.15) is 11.1 Å². The van der Waals surface area contributed by atoms with E-state index in [0.29, 0.717) is 21.5 Å². The van der Waals surface area contributed by atoms with Crippen molar-refractivity contribution in [3.05, 3.63) is 99.0 Å². The molecular formula is C25H15Cl2N3S2. The molecule has 5 rings (SSSR count). The molecule has 0 aliphatic carbocycles. The molecule has 0 amide bonds. The van der Waals surface area contributed by atoms with Gasteiger partial charge in [0.15, 0.2) is 4.34 Å². The maximum Gasteiger partial charge on any atom is 0.156 e. The number of fused-ring (bicyclic) bond motifs is 2. The highest BCUT2D eigenvalue weighted by atomic mass is 35.5. The standard InChI is InChI=1S/C25H15Cl2N3S2/c26-20-10-9-16(11-21(20)27)14-30-15-17(19-5-1-3-7-23(19)30)12-18(13-28)31-25-29-22-6-2-4-8-24(22)32-25/h1-12,15H,14H2. The molecule has 0 unspecified atom stereocenters. The lowest BCUT2D eigenvalue weighted by Gasteiger charge is -2.06. The molecule has 0 atom stereocenters. The number of rotatable bonds is 5. The quantitative estimate of drug-likeness (QED) is 0.183. The van der Waals surface area contributed by atoms with E-state index in [9.17, 15) is 5.26 Å². The second kappa shape index (κ2) is 9.01. The molecule has 0 fully saturated rings. The van der Waals surface area contributed by atoms with Gasteiger partial charge in [-0.1, -0.05) is 59.6 Å². The summed E-state index contributed by atoms with van der Waals surface area (Å²) in [5.74, 6) is 0. The first kappa shape index (κ1) is 21.1. The third-order valence-corrected chi connectivity index (χ3v) is 7.79. The van der Waals surface area contributed by atoms with Crippen molar-refractivity contribution < 1.29 is 0 Å². The number of thiazole rings is 1. The minimum atomic E-state index is 0.541. The monoisotopic (exact) mass is 491 g/mol. The maximum atomic E-state index is 9.80. The van der Waals surface area contributed by atoms with Crippen molar-refractivity contribution in [2.45, 2.75) is 10.9 Å². The number of hydrogen-bond donors (Lipinski definition) is 0. The zero-order valence-corrected chi connectivity index (χ0v) is 19.8. The predicted octanol–water partition coefficient (Wildman–Crippen LogP) is 8.26. The number of allylic oxidation sites excluding steroid dienone is 1. The normalized spacial score (nSPS) is 11.8. The van der Waals surface area contributed by atoms with E-state index < -0.39 is 0 Å². The number of thioether (sulfide) groups is 1. The van der Waals surface area contributed by atoms with Gasteiger partial charge >= 0.3 is 0 Å². The van der Waals surface area contributed by atoms with Gasteiger partial charge in [-0.25, -0.2) is 4.98 Å². The lowest BCUT2D eigenvalue weighted by Crippen LogP contribution is -1.97. The zero-order valence-electron chi connectivity index (χ0n) is 16.6. The average molecular weight is 492 g/mol. The minimum Gasteiger partial charge on any atom is -0.342 e. The Morgan fingerprint density at radius 2 is 1.88 bits per heavy atom. The topological polar surface area (TPSA) is 41.6 Å². The van der Waals surface area contributed by atoms with Crippen LogP contribution < -0.4 is 0 Å². The molecule has 0 N–H and O–H groups in total. The predicted molar refractivity (Wildman–Crippen MR) is 137 cm³/mol. The van der Waals surface area contributed by atoms with Crippen LogP contribution in [0.25, 0.3) is 27.2 Å². The molecule has 0 aliphatic heterocycles. The number of para-hydroxylation sites is 2. The molecule has 32 heavy (non-hydrogen) atoms. The van der Waals surface area contributed by atoms with Crippen LogP contribution >= 0.6 is 46.3 Å². The molecule has 0 aliphatic rings. The van der Waals surface area contributed by atoms with E-state index in [-0.39, 0.29) is 0 Å². The van der Waals surface area contributed by atoms with Crippen LogP contribution in [0.15, 0.2) is 82.2 Å². The summed E-state index contributed by atoms with van der Waals surface area (Å²) in [6.45, 7) is 0.651. The van der Waals surface area contributed by atoms with E-state index in [1.54, 1.807) is 11.3 Å². The van der Waals surface area contributed by atoms with Crippen molar-refractivity contribution in [3.8, 4) is 6.07 Å². The zero-order chi connectivity index (χ0) is 22.1. The number of aromatic nitrogens is 2. The molecule has 3 aromatic carbocycles. The summed E-state index contributed by atoms with van der Waals surface area (Å²) in [5.41, 5.74) is 4.09. The largest absolute Gasteiger partial charge is 0.342 e. The molecule has 0 spiro atoms. The highest BCUT2D eigenvalue weighted by Crippen LogP contribution is 2.35. The second-order valence-electron chi connectivity index (χ2n) is 7.15. The Morgan fingerprint density at radius 3 is 2.69 bits per heavy atom. The number of halogens is 2. The van der Waals surface area contributed by atoms with Crippen LogP contribution in [0, 0.1) is 11.3 Å². The van der Waals surface area contributed by atoms with Crippen LogP contribution in [-0.4, -0.2) is 9.55 Å². The molecule has 0 radical (unpaired) electrons. The lowest BCUT2D eigenvalue weighted by molar-refractivity contribution is 0.836. The summed E-state index contributed by atoms with van der Waals surface area (Å²) in [4.78, 5) is 5.24.